The zero-order valence-corrected chi connectivity index (χ0v) is 11.4. The van der Waals surface area contributed by atoms with E-state index in [9.17, 15) is 18.0 Å². The molecule has 0 spiro atoms. The van der Waals surface area contributed by atoms with Crippen LogP contribution in [0.25, 0.3) is 0 Å². The average molecular weight is 316 g/mol. The third kappa shape index (κ3) is 3.91. The zero-order chi connectivity index (χ0) is 15.6. The van der Waals surface area contributed by atoms with Crippen LogP contribution < -0.4 is 17.0 Å². The number of hydrogen-bond donors (Lipinski definition) is 3. The Balaban J connectivity index is 2.26. The van der Waals surface area contributed by atoms with Crippen LogP contribution in [0.15, 0.2) is 34.2 Å². The van der Waals surface area contributed by atoms with Gasteiger partial charge in [0.1, 0.15) is 5.82 Å². The molecule has 1 aromatic carbocycles. The average Bonchev–Trinajstić information content (AvgIpc) is 2.35. The first-order chi connectivity index (χ1) is 9.75. The molecular weight excluding hydrogens is 305 g/mol. The Morgan fingerprint density at radius 3 is 2.57 bits per heavy atom. The summed E-state index contributed by atoms with van der Waals surface area (Å²) in [4.78, 5) is 17.4. The lowest BCUT2D eigenvalue weighted by Gasteiger charge is -2.13. The van der Waals surface area contributed by atoms with E-state index >= 15 is 0 Å². The number of benzene rings is 1. The summed E-state index contributed by atoms with van der Waals surface area (Å²) in [6.45, 7) is 0. The molecule has 21 heavy (non-hydrogen) atoms. The van der Waals surface area contributed by atoms with Crippen molar-refractivity contribution in [3.8, 4) is 0 Å². The number of aromatic amines is 1. The lowest BCUT2D eigenvalue weighted by Crippen LogP contribution is -2.11. The van der Waals surface area contributed by atoms with Gasteiger partial charge in [0, 0.05) is 17.5 Å². The van der Waals surface area contributed by atoms with E-state index in [1.165, 1.54) is 12.1 Å². The minimum absolute atomic E-state index is 0.00889. The largest absolute Gasteiger partial charge is 0.416 e. The van der Waals surface area contributed by atoms with Gasteiger partial charge in [0.2, 0.25) is 0 Å². The third-order valence-corrected chi connectivity index (χ3v) is 3.47. The highest BCUT2D eigenvalue weighted by atomic mass is 32.2. The number of nitrogens with zero attached hydrogens (tertiary/aromatic N) is 1. The van der Waals surface area contributed by atoms with Crippen LogP contribution in [0.2, 0.25) is 0 Å². The van der Waals surface area contributed by atoms with Crippen molar-refractivity contribution in [2.24, 2.45) is 0 Å². The van der Waals surface area contributed by atoms with E-state index in [0.717, 1.165) is 23.9 Å². The molecule has 0 bridgehead atoms. The summed E-state index contributed by atoms with van der Waals surface area (Å²) in [6.07, 6.45) is -4.50. The van der Waals surface area contributed by atoms with Gasteiger partial charge in [-0.2, -0.15) is 13.2 Å². The van der Waals surface area contributed by atoms with E-state index in [1.54, 1.807) is 0 Å². The highest BCUT2D eigenvalue weighted by molar-refractivity contribution is 7.98. The Labute approximate surface area is 121 Å². The SMILES string of the molecule is Nc1ccc(CSc2nc(N)cc(=O)[nH]2)c(C(F)(F)F)c1. The topological polar surface area (TPSA) is 97.8 Å². The lowest BCUT2D eigenvalue weighted by molar-refractivity contribution is -0.138. The van der Waals surface area contributed by atoms with E-state index in [2.05, 4.69) is 9.97 Å². The van der Waals surface area contributed by atoms with E-state index in [4.69, 9.17) is 11.5 Å². The molecule has 0 amide bonds. The molecule has 2 rings (SSSR count). The Hall–Kier alpha value is -2.16. The van der Waals surface area contributed by atoms with Gasteiger partial charge in [0.05, 0.1) is 5.56 Å². The van der Waals surface area contributed by atoms with Crippen molar-refractivity contribution >= 4 is 23.3 Å². The molecule has 1 aromatic heterocycles. The van der Waals surface area contributed by atoms with Crippen LogP contribution >= 0.6 is 11.8 Å². The Kier molecular flexibility index (Phi) is 4.12. The summed E-state index contributed by atoms with van der Waals surface area (Å²) in [5.41, 5.74) is 9.61. The maximum absolute atomic E-state index is 12.9. The molecule has 0 fully saturated rings. The number of H-pyrrole nitrogens is 1. The van der Waals surface area contributed by atoms with Crippen molar-refractivity contribution in [1.29, 1.82) is 0 Å². The second kappa shape index (κ2) is 5.68. The molecule has 9 heteroatoms. The maximum Gasteiger partial charge on any atom is 0.416 e. The predicted octanol–water partition coefficient (Wildman–Crippen LogP) is 2.25. The van der Waals surface area contributed by atoms with Crippen LogP contribution in [0.3, 0.4) is 0 Å². The maximum atomic E-state index is 12.9. The minimum atomic E-state index is -4.50. The second-order valence-electron chi connectivity index (χ2n) is 4.18. The predicted molar refractivity (Wildman–Crippen MR) is 74.7 cm³/mol. The molecule has 1 heterocycles. The zero-order valence-electron chi connectivity index (χ0n) is 10.6. The second-order valence-corrected chi connectivity index (χ2v) is 5.14. The van der Waals surface area contributed by atoms with Crippen molar-refractivity contribution in [3.63, 3.8) is 0 Å². The van der Waals surface area contributed by atoms with Crippen molar-refractivity contribution in [1.82, 2.24) is 9.97 Å². The lowest BCUT2D eigenvalue weighted by atomic mass is 10.1. The molecule has 0 aliphatic heterocycles. The monoisotopic (exact) mass is 316 g/mol. The molecule has 0 atom stereocenters. The first-order valence-corrected chi connectivity index (χ1v) is 6.69. The van der Waals surface area contributed by atoms with E-state index < -0.39 is 17.3 Å². The van der Waals surface area contributed by atoms with Crippen molar-refractivity contribution in [2.45, 2.75) is 17.1 Å². The van der Waals surface area contributed by atoms with Gasteiger partial charge in [-0.15, -0.1) is 0 Å². The number of thioether (sulfide) groups is 1. The fourth-order valence-electron chi connectivity index (χ4n) is 1.65. The van der Waals surface area contributed by atoms with Crippen LogP contribution in [0, 0.1) is 0 Å². The molecular formula is C12H11F3N4OS. The Bertz CT molecular complexity index is 714. The number of nitrogens with two attached hydrogens (primary N) is 2. The number of nitrogen functional groups attached to an aromatic ring is 2. The van der Waals surface area contributed by atoms with Gasteiger partial charge in [-0.25, -0.2) is 4.98 Å². The summed E-state index contributed by atoms with van der Waals surface area (Å²) >= 11 is 0.951. The van der Waals surface area contributed by atoms with E-state index in [1.807, 2.05) is 0 Å². The molecule has 0 saturated carbocycles. The Morgan fingerprint density at radius 2 is 1.95 bits per heavy atom. The van der Waals surface area contributed by atoms with E-state index in [-0.39, 0.29) is 28.0 Å². The van der Waals surface area contributed by atoms with E-state index in [0.29, 0.717) is 0 Å². The molecule has 0 aliphatic carbocycles. The smallest absolute Gasteiger partial charge is 0.399 e. The van der Waals surface area contributed by atoms with Gasteiger partial charge in [0.15, 0.2) is 5.16 Å². The van der Waals surface area contributed by atoms with Gasteiger partial charge in [-0.1, -0.05) is 17.8 Å². The normalized spacial score (nSPS) is 11.6. The highest BCUT2D eigenvalue weighted by Crippen LogP contribution is 2.35. The first-order valence-electron chi connectivity index (χ1n) is 5.71. The molecule has 0 radical (unpaired) electrons. The molecule has 0 saturated heterocycles. The molecule has 0 aliphatic rings. The van der Waals surface area contributed by atoms with Crippen molar-refractivity contribution < 1.29 is 13.2 Å². The van der Waals surface area contributed by atoms with Gasteiger partial charge in [-0.05, 0) is 17.7 Å². The summed E-state index contributed by atoms with van der Waals surface area (Å²) in [5, 5.41) is 0.157. The molecule has 112 valence electrons. The number of halogens is 3. The fourth-order valence-corrected chi connectivity index (χ4v) is 2.54. The molecule has 5 nitrogen and oxygen atoms in total. The van der Waals surface area contributed by atoms with Gasteiger partial charge < -0.3 is 16.5 Å². The number of hydrogen-bond acceptors (Lipinski definition) is 5. The first kappa shape index (κ1) is 15.2. The van der Waals surface area contributed by atoms with Gasteiger partial charge in [0.25, 0.3) is 5.56 Å². The van der Waals surface area contributed by atoms with Crippen molar-refractivity contribution in [2.75, 3.05) is 11.5 Å². The van der Waals surface area contributed by atoms with Gasteiger partial charge >= 0.3 is 6.18 Å². The number of anilines is 2. The standard InChI is InChI=1S/C12H11F3N4OS/c13-12(14,15)8-3-7(16)2-1-6(8)5-21-11-18-9(17)4-10(20)19-11/h1-4H,5,16H2,(H3,17,18,19,20). The number of nitrogens with one attached hydrogen (secondary N) is 1. The molecule has 2 aromatic rings. The summed E-state index contributed by atoms with van der Waals surface area (Å²) in [7, 11) is 0. The minimum Gasteiger partial charge on any atom is -0.399 e. The number of rotatable bonds is 3. The Morgan fingerprint density at radius 1 is 1.24 bits per heavy atom. The number of aromatic nitrogens is 2. The summed E-state index contributed by atoms with van der Waals surface area (Å²) in [5.74, 6) is -0.0174. The van der Waals surface area contributed by atoms with Gasteiger partial charge in [-0.3, -0.25) is 4.79 Å². The van der Waals surface area contributed by atoms with Crippen LogP contribution in [-0.4, -0.2) is 9.97 Å². The van der Waals surface area contributed by atoms with Crippen LogP contribution in [0.1, 0.15) is 11.1 Å². The van der Waals surface area contributed by atoms with Crippen LogP contribution in [0.4, 0.5) is 24.7 Å². The summed E-state index contributed by atoms with van der Waals surface area (Å²) in [6, 6.07) is 4.66. The van der Waals surface area contributed by atoms with Crippen LogP contribution in [0.5, 0.6) is 0 Å². The third-order valence-electron chi connectivity index (χ3n) is 2.54. The van der Waals surface area contributed by atoms with Crippen LogP contribution in [-0.2, 0) is 11.9 Å². The van der Waals surface area contributed by atoms with Crippen molar-refractivity contribution in [3.05, 3.63) is 45.7 Å². The quantitative estimate of drug-likeness (QED) is 0.458. The molecule has 5 N–H and O–H groups in total. The summed E-state index contributed by atoms with van der Waals surface area (Å²) < 4.78 is 38.8. The molecule has 0 unspecified atom stereocenters. The fraction of sp³-hybridized carbons (Fsp3) is 0.167. The highest BCUT2D eigenvalue weighted by Gasteiger charge is 2.33. The number of alkyl halides is 3.